The lowest BCUT2D eigenvalue weighted by Gasteiger charge is -1.99. The molecule has 1 nitrogen and oxygen atoms in total. The van der Waals surface area contributed by atoms with Crippen molar-refractivity contribution in [3.05, 3.63) is 29.8 Å². The summed E-state index contributed by atoms with van der Waals surface area (Å²) in [5.74, 6) is 1.69. The molecule has 1 fully saturated rings. The van der Waals surface area contributed by atoms with E-state index in [2.05, 4.69) is 12.1 Å². The van der Waals surface area contributed by atoms with Crippen LogP contribution in [0.3, 0.4) is 0 Å². The minimum atomic E-state index is 0.793. The number of rotatable bonds is 2. The molecule has 0 aliphatic heterocycles. The predicted octanol–water partition coefficient (Wildman–Crippen LogP) is 2.37. The highest BCUT2D eigenvalue weighted by atomic mass is 16.5. The Labute approximate surface area is 67.0 Å². The number of methoxy groups -OCH3 is 1. The fraction of sp³-hybridized carbons (Fsp3) is 0.400. The summed E-state index contributed by atoms with van der Waals surface area (Å²) in [6.07, 6.45) is 2.67. The second-order valence-corrected chi connectivity index (χ2v) is 2.96. The van der Waals surface area contributed by atoms with Gasteiger partial charge in [0.25, 0.3) is 0 Å². The third-order valence-corrected chi connectivity index (χ3v) is 2.06. The van der Waals surface area contributed by atoms with Gasteiger partial charge in [-0.25, -0.2) is 0 Å². The Kier molecular flexibility index (Phi) is 1.57. The molecule has 0 amide bonds. The van der Waals surface area contributed by atoms with Crippen molar-refractivity contribution in [2.45, 2.75) is 18.8 Å². The Morgan fingerprint density at radius 3 is 2.73 bits per heavy atom. The molecule has 1 aliphatic carbocycles. The first-order chi connectivity index (χ1) is 5.40. The van der Waals surface area contributed by atoms with E-state index in [0.717, 1.165) is 11.7 Å². The van der Waals surface area contributed by atoms with Gasteiger partial charge >= 0.3 is 0 Å². The van der Waals surface area contributed by atoms with Crippen LogP contribution in [0.1, 0.15) is 24.3 Å². The molecule has 1 radical (unpaired) electrons. The van der Waals surface area contributed by atoms with Crippen molar-refractivity contribution < 1.29 is 4.74 Å². The Hall–Kier alpha value is -0.980. The summed E-state index contributed by atoms with van der Waals surface area (Å²) in [6, 6.07) is 9.25. The lowest BCUT2D eigenvalue weighted by atomic mass is 10.1. The Bertz CT molecular complexity index is 234. The number of benzene rings is 1. The van der Waals surface area contributed by atoms with E-state index in [1.807, 2.05) is 12.1 Å². The van der Waals surface area contributed by atoms with E-state index < -0.39 is 0 Å². The molecule has 0 saturated heterocycles. The zero-order valence-electron chi connectivity index (χ0n) is 6.63. The minimum absolute atomic E-state index is 0.793. The van der Waals surface area contributed by atoms with E-state index in [1.54, 1.807) is 7.11 Å². The van der Waals surface area contributed by atoms with Crippen molar-refractivity contribution >= 4 is 0 Å². The highest BCUT2D eigenvalue weighted by molar-refractivity contribution is 5.30. The zero-order chi connectivity index (χ0) is 7.68. The molecule has 11 heavy (non-hydrogen) atoms. The van der Waals surface area contributed by atoms with E-state index in [9.17, 15) is 0 Å². The third-order valence-electron chi connectivity index (χ3n) is 2.06. The van der Waals surface area contributed by atoms with Gasteiger partial charge in [-0.15, -0.1) is 0 Å². The molecule has 0 atom stereocenters. The van der Waals surface area contributed by atoms with Crippen molar-refractivity contribution in [1.29, 1.82) is 0 Å². The molecule has 1 aromatic carbocycles. The summed E-state index contributed by atoms with van der Waals surface area (Å²) in [7, 11) is 1.68. The lowest BCUT2D eigenvalue weighted by Crippen LogP contribution is -1.83. The molecular formula is C10H11O. The van der Waals surface area contributed by atoms with Gasteiger partial charge in [-0.1, -0.05) is 6.07 Å². The van der Waals surface area contributed by atoms with E-state index in [1.165, 1.54) is 18.4 Å². The Morgan fingerprint density at radius 1 is 1.45 bits per heavy atom. The van der Waals surface area contributed by atoms with Gasteiger partial charge in [0.05, 0.1) is 7.11 Å². The van der Waals surface area contributed by atoms with Crippen LogP contribution in [0.2, 0.25) is 0 Å². The van der Waals surface area contributed by atoms with E-state index in [4.69, 9.17) is 4.74 Å². The maximum Gasteiger partial charge on any atom is 0.119 e. The Balaban J connectivity index is 2.19. The van der Waals surface area contributed by atoms with Gasteiger partial charge in [0.1, 0.15) is 5.75 Å². The van der Waals surface area contributed by atoms with Crippen LogP contribution in [-0.2, 0) is 0 Å². The Morgan fingerprint density at radius 2 is 2.27 bits per heavy atom. The molecule has 0 N–H and O–H groups in total. The molecule has 0 spiro atoms. The van der Waals surface area contributed by atoms with Crippen molar-refractivity contribution in [2.75, 3.05) is 7.11 Å². The van der Waals surface area contributed by atoms with Crippen molar-refractivity contribution in [3.8, 4) is 5.75 Å². The monoisotopic (exact) mass is 147 g/mol. The maximum atomic E-state index is 5.04. The largest absolute Gasteiger partial charge is 0.497 e. The molecule has 0 unspecified atom stereocenters. The van der Waals surface area contributed by atoms with Gasteiger partial charge in [0, 0.05) is 0 Å². The normalized spacial score (nSPS) is 16.5. The van der Waals surface area contributed by atoms with Crippen molar-refractivity contribution in [1.82, 2.24) is 0 Å². The topological polar surface area (TPSA) is 9.23 Å². The molecule has 1 saturated carbocycles. The average Bonchev–Trinajstić information content (AvgIpc) is 2.87. The van der Waals surface area contributed by atoms with Gasteiger partial charge in [-0.05, 0) is 42.5 Å². The van der Waals surface area contributed by atoms with Gasteiger partial charge in [0.2, 0.25) is 0 Å². The van der Waals surface area contributed by atoms with Gasteiger partial charge < -0.3 is 4.74 Å². The molecular weight excluding hydrogens is 136 g/mol. The lowest BCUT2D eigenvalue weighted by molar-refractivity contribution is 0.414. The minimum Gasteiger partial charge on any atom is -0.497 e. The van der Waals surface area contributed by atoms with Crippen molar-refractivity contribution in [2.24, 2.45) is 0 Å². The van der Waals surface area contributed by atoms with Gasteiger partial charge in [0.15, 0.2) is 0 Å². The summed E-state index contributed by atoms with van der Waals surface area (Å²) in [5.41, 5.74) is 1.34. The first-order valence-corrected chi connectivity index (χ1v) is 3.96. The predicted molar refractivity (Wildman–Crippen MR) is 43.8 cm³/mol. The van der Waals surface area contributed by atoms with E-state index >= 15 is 0 Å². The number of hydrogen-bond donors (Lipinski definition) is 0. The SMILES string of the molecule is COc1c[c]c(C2CC2)cc1. The summed E-state index contributed by atoms with van der Waals surface area (Å²) >= 11 is 0. The van der Waals surface area contributed by atoms with Gasteiger partial charge in [-0.3, -0.25) is 0 Å². The maximum absolute atomic E-state index is 5.04. The molecule has 1 aliphatic rings. The smallest absolute Gasteiger partial charge is 0.119 e. The van der Waals surface area contributed by atoms with Crippen LogP contribution in [0.15, 0.2) is 18.2 Å². The van der Waals surface area contributed by atoms with Crippen LogP contribution in [-0.4, -0.2) is 7.11 Å². The van der Waals surface area contributed by atoms with Crippen LogP contribution in [0.5, 0.6) is 5.75 Å². The molecule has 2 rings (SSSR count). The highest BCUT2D eigenvalue weighted by Crippen LogP contribution is 2.39. The number of ether oxygens (including phenoxy) is 1. The van der Waals surface area contributed by atoms with E-state index in [-0.39, 0.29) is 0 Å². The zero-order valence-corrected chi connectivity index (χ0v) is 6.63. The van der Waals surface area contributed by atoms with Crippen LogP contribution in [0.25, 0.3) is 0 Å². The van der Waals surface area contributed by atoms with E-state index in [0.29, 0.717) is 0 Å². The summed E-state index contributed by atoms with van der Waals surface area (Å²) < 4.78 is 5.04. The second kappa shape index (κ2) is 2.57. The molecule has 1 heteroatoms. The summed E-state index contributed by atoms with van der Waals surface area (Å²) in [6.45, 7) is 0. The van der Waals surface area contributed by atoms with Crippen molar-refractivity contribution in [3.63, 3.8) is 0 Å². The molecule has 0 heterocycles. The quantitative estimate of drug-likeness (QED) is 0.624. The molecule has 0 aromatic heterocycles. The standard InChI is InChI=1S/C10H11O/c1-11-10-6-4-9(5-7-10)8-2-3-8/h4,6-8H,2-3H2,1H3. The fourth-order valence-corrected chi connectivity index (χ4v) is 1.20. The molecule has 0 bridgehead atoms. The average molecular weight is 147 g/mol. The van der Waals surface area contributed by atoms with Crippen LogP contribution in [0, 0.1) is 6.07 Å². The fourth-order valence-electron chi connectivity index (χ4n) is 1.20. The second-order valence-electron chi connectivity index (χ2n) is 2.96. The summed E-state index contributed by atoms with van der Waals surface area (Å²) in [4.78, 5) is 0. The highest BCUT2D eigenvalue weighted by Gasteiger charge is 2.23. The third kappa shape index (κ3) is 1.37. The van der Waals surface area contributed by atoms with Crippen LogP contribution in [0.4, 0.5) is 0 Å². The first-order valence-electron chi connectivity index (χ1n) is 3.96. The number of hydrogen-bond acceptors (Lipinski definition) is 1. The van der Waals surface area contributed by atoms with Gasteiger partial charge in [-0.2, -0.15) is 0 Å². The summed E-state index contributed by atoms with van der Waals surface area (Å²) in [5, 5.41) is 0. The molecule has 57 valence electrons. The first kappa shape index (κ1) is 6.71. The molecule has 1 aromatic rings. The van der Waals surface area contributed by atoms with Crippen LogP contribution >= 0.6 is 0 Å². The van der Waals surface area contributed by atoms with Crippen LogP contribution < -0.4 is 4.74 Å².